The van der Waals surface area contributed by atoms with Crippen molar-refractivity contribution in [1.29, 1.82) is 0 Å². The summed E-state index contributed by atoms with van der Waals surface area (Å²) in [4.78, 5) is 16.9. The van der Waals surface area contributed by atoms with Crippen LogP contribution in [0.3, 0.4) is 0 Å². The van der Waals surface area contributed by atoms with Crippen molar-refractivity contribution in [2.24, 2.45) is 0 Å². The molecule has 0 saturated carbocycles. The van der Waals surface area contributed by atoms with Gasteiger partial charge in [0.2, 0.25) is 6.79 Å². The Kier molecular flexibility index (Phi) is 4.82. The van der Waals surface area contributed by atoms with Crippen molar-refractivity contribution in [2.75, 3.05) is 13.3 Å². The number of nitrogens with one attached hydrogen (secondary N) is 1. The van der Waals surface area contributed by atoms with Gasteiger partial charge in [-0.15, -0.1) is 11.3 Å². The van der Waals surface area contributed by atoms with E-state index in [9.17, 15) is 9.90 Å². The van der Waals surface area contributed by atoms with Crippen molar-refractivity contribution in [3.05, 3.63) is 77.3 Å². The first-order valence-corrected chi connectivity index (χ1v) is 10.4. The molecule has 6 nitrogen and oxygen atoms in total. The lowest BCUT2D eigenvalue weighted by atomic mass is 10.0. The van der Waals surface area contributed by atoms with Gasteiger partial charge in [0, 0.05) is 17.5 Å². The van der Waals surface area contributed by atoms with Crippen molar-refractivity contribution in [1.82, 2.24) is 10.3 Å². The maximum absolute atomic E-state index is 12.5. The van der Waals surface area contributed by atoms with E-state index in [0.717, 1.165) is 21.9 Å². The number of benzene rings is 3. The first-order valence-electron chi connectivity index (χ1n) is 9.48. The fourth-order valence-electron chi connectivity index (χ4n) is 3.35. The number of rotatable bonds is 5. The molecule has 4 aromatic rings. The van der Waals surface area contributed by atoms with Crippen LogP contribution in [0.25, 0.3) is 21.3 Å². The molecule has 0 saturated heterocycles. The molecule has 0 fully saturated rings. The molecule has 1 aliphatic rings. The quantitative estimate of drug-likeness (QED) is 0.509. The number of carbonyl (C=O) groups excluding carboxylic acids is 1. The second kappa shape index (κ2) is 7.78. The molecule has 150 valence electrons. The zero-order valence-electron chi connectivity index (χ0n) is 15.9. The molecule has 0 bridgehead atoms. The van der Waals surface area contributed by atoms with Gasteiger partial charge in [-0.05, 0) is 40.6 Å². The molecule has 1 atom stereocenters. The second-order valence-electron chi connectivity index (χ2n) is 6.94. The van der Waals surface area contributed by atoms with Crippen molar-refractivity contribution < 1.29 is 19.4 Å². The minimum Gasteiger partial charge on any atom is -0.454 e. The summed E-state index contributed by atoms with van der Waals surface area (Å²) in [6, 6.07) is 19.3. The Morgan fingerprint density at radius 3 is 2.80 bits per heavy atom. The lowest BCUT2D eigenvalue weighted by molar-refractivity contribution is 0.0912. The van der Waals surface area contributed by atoms with E-state index in [1.807, 2.05) is 60.7 Å². The molecular formula is C23H18N2O4S. The average Bonchev–Trinajstić information content (AvgIpc) is 3.46. The fourth-order valence-corrected chi connectivity index (χ4v) is 4.15. The highest BCUT2D eigenvalue weighted by Gasteiger charge is 2.17. The molecule has 0 spiro atoms. The number of aliphatic hydroxyl groups excluding tert-OH is 1. The zero-order valence-corrected chi connectivity index (χ0v) is 16.7. The number of hydrogen-bond donors (Lipinski definition) is 2. The minimum atomic E-state index is -0.800. The number of nitrogens with zero attached hydrogens (tertiary/aromatic N) is 1. The number of aliphatic hydroxyl groups is 1. The van der Waals surface area contributed by atoms with E-state index in [1.54, 1.807) is 5.38 Å². The molecule has 2 heterocycles. The van der Waals surface area contributed by atoms with Crippen LogP contribution in [0.1, 0.15) is 22.2 Å². The van der Waals surface area contributed by atoms with Crippen LogP contribution in [0.5, 0.6) is 11.5 Å². The molecule has 0 aliphatic carbocycles. The molecule has 1 aromatic heterocycles. The Morgan fingerprint density at radius 2 is 1.90 bits per heavy atom. The van der Waals surface area contributed by atoms with Gasteiger partial charge in [0.1, 0.15) is 10.7 Å². The van der Waals surface area contributed by atoms with Gasteiger partial charge in [-0.1, -0.05) is 36.4 Å². The van der Waals surface area contributed by atoms with Gasteiger partial charge in [0.25, 0.3) is 5.91 Å². The molecule has 1 unspecified atom stereocenters. The highest BCUT2D eigenvalue weighted by Crippen LogP contribution is 2.36. The Hall–Kier alpha value is -3.42. The van der Waals surface area contributed by atoms with E-state index in [4.69, 9.17) is 9.47 Å². The van der Waals surface area contributed by atoms with E-state index in [-0.39, 0.29) is 19.2 Å². The fraction of sp³-hybridized carbons (Fsp3) is 0.130. The summed E-state index contributed by atoms with van der Waals surface area (Å²) < 4.78 is 10.7. The van der Waals surface area contributed by atoms with Gasteiger partial charge in [0.05, 0.1) is 6.10 Å². The van der Waals surface area contributed by atoms with Crippen LogP contribution in [-0.2, 0) is 0 Å². The van der Waals surface area contributed by atoms with Gasteiger partial charge < -0.3 is 19.9 Å². The molecule has 1 aliphatic heterocycles. The molecule has 30 heavy (non-hydrogen) atoms. The van der Waals surface area contributed by atoms with Crippen LogP contribution in [0, 0.1) is 0 Å². The van der Waals surface area contributed by atoms with Crippen LogP contribution < -0.4 is 14.8 Å². The van der Waals surface area contributed by atoms with Crippen LogP contribution in [-0.4, -0.2) is 29.3 Å². The monoisotopic (exact) mass is 418 g/mol. The highest BCUT2D eigenvalue weighted by molar-refractivity contribution is 7.13. The van der Waals surface area contributed by atoms with Gasteiger partial charge in [0.15, 0.2) is 11.5 Å². The first-order chi connectivity index (χ1) is 14.7. The van der Waals surface area contributed by atoms with Gasteiger partial charge in [-0.2, -0.15) is 0 Å². The van der Waals surface area contributed by atoms with Crippen LogP contribution in [0.15, 0.2) is 66.0 Å². The zero-order chi connectivity index (χ0) is 20.5. The molecular weight excluding hydrogens is 400 g/mol. The largest absolute Gasteiger partial charge is 0.454 e. The summed E-state index contributed by atoms with van der Waals surface area (Å²) in [6.07, 6.45) is -0.800. The predicted molar refractivity (Wildman–Crippen MR) is 115 cm³/mol. The number of ether oxygens (including phenoxy) is 2. The molecule has 3 aromatic carbocycles. The standard InChI is InChI=1S/C23H18N2O4S/c26-19(16-6-5-14-3-1-2-4-15(14)9-16)11-24-22(27)18-12-30-23(25-18)17-7-8-20-21(10-17)29-13-28-20/h1-10,12,19,26H,11,13H2,(H,24,27). The van der Waals surface area contributed by atoms with Crippen molar-refractivity contribution in [3.63, 3.8) is 0 Å². The van der Waals surface area contributed by atoms with Crippen LogP contribution in [0.4, 0.5) is 0 Å². The lowest BCUT2D eigenvalue weighted by Crippen LogP contribution is -2.28. The Morgan fingerprint density at radius 1 is 1.07 bits per heavy atom. The number of thiazole rings is 1. The summed E-state index contributed by atoms with van der Waals surface area (Å²) >= 11 is 1.38. The third kappa shape index (κ3) is 3.60. The molecule has 0 radical (unpaired) electrons. The SMILES string of the molecule is O=C(NCC(O)c1ccc2ccccc2c1)c1csc(-c2ccc3c(c2)OCO3)n1. The second-order valence-corrected chi connectivity index (χ2v) is 7.80. The summed E-state index contributed by atoms with van der Waals surface area (Å²) in [7, 11) is 0. The minimum absolute atomic E-state index is 0.105. The number of carbonyl (C=O) groups is 1. The lowest BCUT2D eigenvalue weighted by Gasteiger charge is -2.12. The predicted octanol–water partition coefficient (Wildman–Crippen LogP) is 4.16. The number of hydrogen-bond acceptors (Lipinski definition) is 6. The first kappa shape index (κ1) is 18.6. The van der Waals surface area contributed by atoms with E-state index in [2.05, 4.69) is 10.3 Å². The molecule has 2 N–H and O–H groups in total. The van der Waals surface area contributed by atoms with Crippen molar-refractivity contribution >= 4 is 28.0 Å². The smallest absolute Gasteiger partial charge is 0.270 e. The highest BCUT2D eigenvalue weighted by atomic mass is 32.1. The van der Waals surface area contributed by atoms with Crippen molar-refractivity contribution in [2.45, 2.75) is 6.10 Å². The number of amides is 1. The Balaban J connectivity index is 1.25. The third-order valence-corrected chi connectivity index (χ3v) is 5.86. The van der Waals surface area contributed by atoms with Gasteiger partial charge in [-0.25, -0.2) is 4.98 Å². The van der Waals surface area contributed by atoms with Crippen LogP contribution >= 0.6 is 11.3 Å². The van der Waals surface area contributed by atoms with E-state index in [0.29, 0.717) is 22.2 Å². The normalized spacial score (nSPS) is 13.4. The van der Waals surface area contributed by atoms with Crippen molar-refractivity contribution in [3.8, 4) is 22.1 Å². The number of fused-ring (bicyclic) bond motifs is 2. The summed E-state index contributed by atoms with van der Waals surface area (Å²) in [5.41, 5.74) is 1.94. The summed E-state index contributed by atoms with van der Waals surface area (Å²) in [6.45, 7) is 0.317. The van der Waals surface area contributed by atoms with E-state index >= 15 is 0 Å². The van der Waals surface area contributed by atoms with Crippen LogP contribution in [0.2, 0.25) is 0 Å². The molecule has 1 amide bonds. The Labute approximate surface area is 176 Å². The average molecular weight is 418 g/mol. The topological polar surface area (TPSA) is 80.7 Å². The third-order valence-electron chi connectivity index (χ3n) is 4.97. The molecule has 7 heteroatoms. The maximum atomic E-state index is 12.5. The summed E-state index contributed by atoms with van der Waals surface area (Å²) in [5.74, 6) is 1.06. The summed E-state index contributed by atoms with van der Waals surface area (Å²) in [5, 5.41) is 17.8. The molecule has 5 rings (SSSR count). The van der Waals surface area contributed by atoms with Gasteiger partial charge >= 0.3 is 0 Å². The van der Waals surface area contributed by atoms with E-state index in [1.165, 1.54) is 11.3 Å². The number of aromatic nitrogens is 1. The van der Waals surface area contributed by atoms with Gasteiger partial charge in [-0.3, -0.25) is 4.79 Å². The maximum Gasteiger partial charge on any atom is 0.270 e. The Bertz CT molecular complexity index is 1240. The van der Waals surface area contributed by atoms with E-state index < -0.39 is 6.10 Å².